The summed E-state index contributed by atoms with van der Waals surface area (Å²) in [4.78, 5) is 9.70. The van der Waals surface area contributed by atoms with Crippen molar-refractivity contribution in [1.82, 2.24) is 14.9 Å². The molecule has 3 rings (SSSR count). The van der Waals surface area contributed by atoms with E-state index in [1.165, 1.54) is 16.9 Å². The summed E-state index contributed by atoms with van der Waals surface area (Å²) < 4.78 is 0. The summed E-state index contributed by atoms with van der Waals surface area (Å²) in [5, 5.41) is 3.49. The Morgan fingerprint density at radius 1 is 1.28 bits per heavy atom. The van der Waals surface area contributed by atoms with Crippen molar-refractivity contribution in [1.29, 1.82) is 0 Å². The van der Waals surface area contributed by atoms with Crippen molar-refractivity contribution >= 4 is 5.69 Å². The first-order valence-corrected chi connectivity index (χ1v) is 6.43. The van der Waals surface area contributed by atoms with Crippen molar-refractivity contribution in [3.63, 3.8) is 0 Å². The fourth-order valence-corrected chi connectivity index (χ4v) is 2.39. The predicted molar refractivity (Wildman–Crippen MR) is 72.5 cm³/mol. The third kappa shape index (κ3) is 2.54. The average Bonchev–Trinajstić information content (AvgIpc) is 2.82. The number of benzene rings is 1. The van der Waals surface area contributed by atoms with Crippen molar-refractivity contribution < 1.29 is 0 Å². The molecule has 1 aromatic carbocycles. The van der Waals surface area contributed by atoms with Crippen LogP contribution in [0, 0.1) is 0 Å². The highest BCUT2D eigenvalue weighted by molar-refractivity contribution is 5.51. The number of fused-ring (bicyclic) bond motifs is 1. The van der Waals surface area contributed by atoms with E-state index in [-0.39, 0.29) is 0 Å². The van der Waals surface area contributed by atoms with Crippen molar-refractivity contribution in [3.8, 4) is 0 Å². The van der Waals surface area contributed by atoms with E-state index < -0.39 is 0 Å². The molecule has 0 aliphatic carbocycles. The molecule has 0 saturated heterocycles. The topological polar surface area (TPSA) is 44.0 Å². The molecule has 4 heteroatoms. The van der Waals surface area contributed by atoms with E-state index in [0.29, 0.717) is 0 Å². The van der Waals surface area contributed by atoms with Crippen LogP contribution in [-0.2, 0) is 13.0 Å². The van der Waals surface area contributed by atoms with Gasteiger partial charge in [0.1, 0.15) is 0 Å². The molecule has 1 aliphatic rings. The van der Waals surface area contributed by atoms with Gasteiger partial charge in [0.25, 0.3) is 0 Å². The van der Waals surface area contributed by atoms with Crippen LogP contribution in [-0.4, -0.2) is 34.5 Å². The lowest BCUT2D eigenvalue weighted by molar-refractivity contribution is 0.283. The summed E-state index contributed by atoms with van der Waals surface area (Å²) in [6.45, 7) is 4.19. The standard InChI is InChI=1S/C14H18N4/c1-2-4-14-12(3-1)10-18(8-6-16-14)7-5-13-9-15-11-17-13/h1-4,9,11,16H,5-8,10H2,(H,15,17). The summed E-state index contributed by atoms with van der Waals surface area (Å²) in [6, 6.07) is 8.57. The number of rotatable bonds is 3. The lowest BCUT2D eigenvalue weighted by atomic mass is 10.1. The molecule has 1 aromatic heterocycles. The van der Waals surface area contributed by atoms with Gasteiger partial charge in [-0.05, 0) is 11.6 Å². The molecule has 2 heterocycles. The quantitative estimate of drug-likeness (QED) is 0.863. The van der Waals surface area contributed by atoms with Crippen LogP contribution >= 0.6 is 0 Å². The number of imidazole rings is 1. The average molecular weight is 242 g/mol. The second-order valence-corrected chi connectivity index (χ2v) is 4.69. The van der Waals surface area contributed by atoms with Gasteiger partial charge in [-0.3, -0.25) is 4.90 Å². The van der Waals surface area contributed by atoms with E-state index in [4.69, 9.17) is 0 Å². The molecule has 0 bridgehead atoms. The molecular weight excluding hydrogens is 224 g/mol. The summed E-state index contributed by atoms with van der Waals surface area (Å²) in [6.07, 6.45) is 4.68. The Kier molecular flexibility index (Phi) is 3.28. The van der Waals surface area contributed by atoms with Gasteiger partial charge in [0.2, 0.25) is 0 Å². The number of anilines is 1. The molecule has 0 atom stereocenters. The van der Waals surface area contributed by atoms with Gasteiger partial charge in [-0.2, -0.15) is 0 Å². The lowest BCUT2D eigenvalue weighted by Gasteiger charge is -2.19. The Morgan fingerprint density at radius 3 is 3.11 bits per heavy atom. The van der Waals surface area contributed by atoms with E-state index >= 15 is 0 Å². The number of aromatic nitrogens is 2. The monoisotopic (exact) mass is 242 g/mol. The van der Waals surface area contributed by atoms with Gasteiger partial charge >= 0.3 is 0 Å². The molecule has 0 fully saturated rings. The number of H-pyrrole nitrogens is 1. The fraction of sp³-hybridized carbons (Fsp3) is 0.357. The zero-order valence-electron chi connectivity index (χ0n) is 10.4. The number of hydrogen-bond donors (Lipinski definition) is 2. The largest absolute Gasteiger partial charge is 0.383 e. The number of para-hydroxylation sites is 1. The second-order valence-electron chi connectivity index (χ2n) is 4.69. The minimum Gasteiger partial charge on any atom is -0.383 e. The fourth-order valence-electron chi connectivity index (χ4n) is 2.39. The number of nitrogens with zero attached hydrogens (tertiary/aromatic N) is 2. The maximum atomic E-state index is 4.05. The molecule has 0 spiro atoms. The van der Waals surface area contributed by atoms with Crippen LogP contribution in [0.25, 0.3) is 0 Å². The smallest absolute Gasteiger partial charge is 0.0921 e. The van der Waals surface area contributed by atoms with Crippen LogP contribution in [0.15, 0.2) is 36.8 Å². The molecule has 1 aliphatic heterocycles. The van der Waals surface area contributed by atoms with E-state index in [1.54, 1.807) is 6.33 Å². The van der Waals surface area contributed by atoms with Gasteiger partial charge in [-0.1, -0.05) is 18.2 Å². The molecule has 4 nitrogen and oxygen atoms in total. The van der Waals surface area contributed by atoms with Gasteiger partial charge in [-0.25, -0.2) is 4.98 Å². The Bertz CT molecular complexity index is 492. The van der Waals surface area contributed by atoms with Crippen LogP contribution in [0.2, 0.25) is 0 Å². The summed E-state index contributed by atoms with van der Waals surface area (Å²) in [5.74, 6) is 0. The molecule has 0 saturated carbocycles. The second kappa shape index (κ2) is 5.23. The van der Waals surface area contributed by atoms with Crippen LogP contribution in [0.3, 0.4) is 0 Å². The van der Waals surface area contributed by atoms with Crippen molar-refractivity contribution in [2.75, 3.05) is 25.0 Å². The van der Waals surface area contributed by atoms with Crippen molar-refractivity contribution in [2.24, 2.45) is 0 Å². The third-order valence-corrected chi connectivity index (χ3v) is 3.41. The molecule has 94 valence electrons. The Hall–Kier alpha value is -1.81. The SMILES string of the molecule is c1ccc2c(c1)CN(CCc1cnc[nH]1)CCN2. The van der Waals surface area contributed by atoms with E-state index in [9.17, 15) is 0 Å². The van der Waals surface area contributed by atoms with Crippen LogP contribution < -0.4 is 5.32 Å². The highest BCUT2D eigenvalue weighted by atomic mass is 15.1. The molecule has 2 aromatic rings. The van der Waals surface area contributed by atoms with Crippen LogP contribution in [0.5, 0.6) is 0 Å². The molecule has 18 heavy (non-hydrogen) atoms. The van der Waals surface area contributed by atoms with E-state index in [2.05, 4.69) is 44.5 Å². The molecule has 0 unspecified atom stereocenters. The zero-order chi connectivity index (χ0) is 12.2. The summed E-state index contributed by atoms with van der Waals surface area (Å²) >= 11 is 0. The molecule has 0 amide bonds. The van der Waals surface area contributed by atoms with Gasteiger partial charge in [-0.15, -0.1) is 0 Å². The number of nitrogens with one attached hydrogen (secondary N) is 2. The minimum atomic E-state index is 1.01. The molecule has 2 N–H and O–H groups in total. The minimum absolute atomic E-state index is 1.01. The first kappa shape index (κ1) is 11.3. The van der Waals surface area contributed by atoms with Gasteiger partial charge in [0.05, 0.1) is 6.33 Å². The number of hydrogen-bond acceptors (Lipinski definition) is 3. The Labute approximate surface area is 107 Å². The normalized spacial score (nSPS) is 15.8. The zero-order valence-corrected chi connectivity index (χ0v) is 10.4. The maximum absolute atomic E-state index is 4.05. The van der Waals surface area contributed by atoms with Gasteiger partial charge < -0.3 is 10.3 Å². The first-order valence-electron chi connectivity index (χ1n) is 6.43. The van der Waals surface area contributed by atoms with Crippen LogP contribution in [0.4, 0.5) is 5.69 Å². The van der Waals surface area contributed by atoms with Crippen molar-refractivity contribution in [3.05, 3.63) is 48.0 Å². The summed E-state index contributed by atoms with van der Waals surface area (Å²) in [5.41, 5.74) is 3.88. The highest BCUT2D eigenvalue weighted by Gasteiger charge is 2.13. The maximum Gasteiger partial charge on any atom is 0.0921 e. The van der Waals surface area contributed by atoms with Gasteiger partial charge in [0, 0.05) is 50.2 Å². The Morgan fingerprint density at radius 2 is 2.22 bits per heavy atom. The molecule has 0 radical (unpaired) electrons. The number of aromatic amines is 1. The lowest BCUT2D eigenvalue weighted by Crippen LogP contribution is -2.28. The Balaban J connectivity index is 1.64. The predicted octanol–water partition coefficient (Wildman–Crippen LogP) is 1.88. The first-order chi connectivity index (χ1) is 8.92. The van der Waals surface area contributed by atoms with Gasteiger partial charge in [0.15, 0.2) is 0 Å². The van der Waals surface area contributed by atoms with Crippen molar-refractivity contribution in [2.45, 2.75) is 13.0 Å². The summed E-state index contributed by atoms with van der Waals surface area (Å²) in [7, 11) is 0. The highest BCUT2D eigenvalue weighted by Crippen LogP contribution is 2.19. The molecular formula is C14H18N4. The third-order valence-electron chi connectivity index (χ3n) is 3.41. The van der Waals surface area contributed by atoms with E-state index in [0.717, 1.165) is 32.6 Å². The van der Waals surface area contributed by atoms with E-state index in [1.807, 2.05) is 6.20 Å². The van der Waals surface area contributed by atoms with Crippen LogP contribution in [0.1, 0.15) is 11.3 Å².